The van der Waals surface area contributed by atoms with E-state index in [0.29, 0.717) is 11.6 Å². The van der Waals surface area contributed by atoms with E-state index < -0.39 is 0 Å². The fourth-order valence-corrected chi connectivity index (χ4v) is 1.81. The maximum atomic E-state index is 10.1. The van der Waals surface area contributed by atoms with Crippen LogP contribution in [-0.2, 0) is 9.53 Å². The summed E-state index contributed by atoms with van der Waals surface area (Å²) in [6, 6.07) is 1.90. The third-order valence-electron chi connectivity index (χ3n) is 2.61. The molecule has 78 valence electrons. The van der Waals surface area contributed by atoms with Crippen LogP contribution in [0.4, 0.5) is 5.69 Å². The van der Waals surface area contributed by atoms with Crippen LogP contribution in [0.2, 0.25) is 0 Å². The van der Waals surface area contributed by atoms with Crippen molar-refractivity contribution >= 4 is 11.8 Å². The largest absolute Gasteiger partial charge is 0.381 e. The molecule has 0 radical (unpaired) electrons. The van der Waals surface area contributed by atoms with E-state index in [-0.39, 0.29) is 0 Å². The molecule has 0 unspecified atom stereocenters. The maximum absolute atomic E-state index is 10.1. The van der Waals surface area contributed by atoms with Crippen LogP contribution in [0, 0.1) is 0 Å². The molecule has 0 N–H and O–H groups in total. The van der Waals surface area contributed by atoms with Crippen molar-refractivity contribution in [2.75, 3.05) is 13.2 Å². The van der Waals surface area contributed by atoms with Crippen molar-refractivity contribution in [1.82, 2.24) is 4.98 Å². The first-order chi connectivity index (χ1) is 7.40. The molecule has 2 heterocycles. The zero-order valence-corrected chi connectivity index (χ0v) is 8.35. The van der Waals surface area contributed by atoms with Gasteiger partial charge in [-0.25, -0.2) is 4.79 Å². The normalized spacial score (nSPS) is 17.1. The van der Waals surface area contributed by atoms with Gasteiger partial charge in [0.15, 0.2) is 0 Å². The fourth-order valence-electron chi connectivity index (χ4n) is 1.81. The van der Waals surface area contributed by atoms with Gasteiger partial charge in [-0.1, -0.05) is 0 Å². The Kier molecular flexibility index (Phi) is 3.22. The number of hydrogen-bond donors (Lipinski definition) is 0. The molecule has 0 aromatic carbocycles. The van der Waals surface area contributed by atoms with Crippen molar-refractivity contribution in [3.63, 3.8) is 0 Å². The van der Waals surface area contributed by atoms with Crippen LogP contribution >= 0.6 is 0 Å². The molecule has 0 amide bonds. The molecule has 0 saturated carbocycles. The van der Waals surface area contributed by atoms with Crippen molar-refractivity contribution in [2.45, 2.75) is 18.8 Å². The van der Waals surface area contributed by atoms with E-state index in [1.165, 1.54) is 6.08 Å². The Hall–Kier alpha value is -1.51. The van der Waals surface area contributed by atoms with Gasteiger partial charge < -0.3 is 4.74 Å². The van der Waals surface area contributed by atoms with E-state index in [1.807, 2.05) is 12.3 Å². The average molecular weight is 204 g/mol. The van der Waals surface area contributed by atoms with Gasteiger partial charge in [0.1, 0.15) is 0 Å². The molecule has 1 aliphatic heterocycles. The molecule has 1 aliphatic rings. The predicted octanol–water partition coefficient (Wildman–Crippen LogP) is 1.94. The Morgan fingerprint density at radius 3 is 2.93 bits per heavy atom. The van der Waals surface area contributed by atoms with E-state index in [0.717, 1.165) is 31.6 Å². The van der Waals surface area contributed by atoms with Gasteiger partial charge >= 0.3 is 0 Å². The molecule has 1 saturated heterocycles. The van der Waals surface area contributed by atoms with E-state index in [1.54, 1.807) is 6.20 Å². The van der Waals surface area contributed by atoms with Crippen LogP contribution in [0.15, 0.2) is 23.5 Å². The molecule has 1 fully saturated rings. The number of pyridine rings is 1. The minimum atomic E-state index is 0.480. The van der Waals surface area contributed by atoms with Gasteiger partial charge in [-0.15, -0.1) is 0 Å². The highest BCUT2D eigenvalue weighted by atomic mass is 16.5. The third-order valence-corrected chi connectivity index (χ3v) is 2.61. The Morgan fingerprint density at radius 1 is 1.40 bits per heavy atom. The van der Waals surface area contributed by atoms with Crippen molar-refractivity contribution in [3.05, 3.63) is 24.0 Å². The summed E-state index contributed by atoms with van der Waals surface area (Å²) in [5.41, 5.74) is 1.71. The van der Waals surface area contributed by atoms with Gasteiger partial charge in [0.2, 0.25) is 6.08 Å². The first-order valence-corrected chi connectivity index (χ1v) is 5.00. The summed E-state index contributed by atoms with van der Waals surface area (Å²) in [5.74, 6) is 0.480. The summed E-state index contributed by atoms with van der Waals surface area (Å²) in [6.07, 6.45) is 6.94. The second-order valence-corrected chi connectivity index (χ2v) is 3.57. The Morgan fingerprint density at radius 2 is 2.20 bits per heavy atom. The highest BCUT2D eigenvalue weighted by molar-refractivity contribution is 5.48. The number of carbonyl (C=O) groups excluding carboxylic acids is 1. The van der Waals surface area contributed by atoms with E-state index in [2.05, 4.69) is 9.98 Å². The average Bonchev–Trinajstić information content (AvgIpc) is 2.31. The van der Waals surface area contributed by atoms with Crippen molar-refractivity contribution in [1.29, 1.82) is 0 Å². The van der Waals surface area contributed by atoms with Gasteiger partial charge in [-0.3, -0.25) is 4.98 Å². The molecule has 0 bridgehead atoms. The number of isocyanates is 1. The summed E-state index contributed by atoms with van der Waals surface area (Å²) in [5, 5.41) is 0. The lowest BCUT2D eigenvalue weighted by Crippen LogP contribution is -2.14. The summed E-state index contributed by atoms with van der Waals surface area (Å²) in [6.45, 7) is 1.59. The first kappa shape index (κ1) is 10.0. The van der Waals surface area contributed by atoms with Crippen LogP contribution in [0.25, 0.3) is 0 Å². The van der Waals surface area contributed by atoms with Gasteiger partial charge in [0.25, 0.3) is 0 Å². The predicted molar refractivity (Wildman–Crippen MR) is 54.8 cm³/mol. The molecule has 0 atom stereocenters. The molecule has 0 spiro atoms. The summed E-state index contributed by atoms with van der Waals surface area (Å²) >= 11 is 0. The highest BCUT2D eigenvalue weighted by Crippen LogP contribution is 2.28. The number of hydrogen-bond acceptors (Lipinski definition) is 4. The monoisotopic (exact) mass is 204 g/mol. The SMILES string of the molecule is O=C=Nc1cncc(C2CCOCC2)c1. The molecular formula is C11H12N2O2. The quantitative estimate of drug-likeness (QED) is 0.546. The summed E-state index contributed by atoms with van der Waals surface area (Å²) < 4.78 is 5.29. The molecular weight excluding hydrogens is 192 g/mol. The lowest BCUT2D eigenvalue weighted by Gasteiger charge is -2.21. The summed E-state index contributed by atoms with van der Waals surface area (Å²) in [4.78, 5) is 17.8. The van der Waals surface area contributed by atoms with Crippen molar-refractivity contribution in [3.8, 4) is 0 Å². The van der Waals surface area contributed by atoms with Gasteiger partial charge in [0.05, 0.1) is 11.9 Å². The van der Waals surface area contributed by atoms with Gasteiger partial charge in [0, 0.05) is 19.4 Å². The smallest absolute Gasteiger partial charge is 0.240 e. The number of rotatable bonds is 2. The van der Waals surface area contributed by atoms with Crippen molar-refractivity contribution in [2.24, 2.45) is 4.99 Å². The van der Waals surface area contributed by atoms with Crippen LogP contribution in [-0.4, -0.2) is 24.3 Å². The molecule has 4 heteroatoms. The number of aromatic nitrogens is 1. The molecule has 2 rings (SSSR count). The maximum Gasteiger partial charge on any atom is 0.240 e. The molecule has 0 aliphatic carbocycles. The molecule has 15 heavy (non-hydrogen) atoms. The molecule has 1 aromatic rings. The lowest BCUT2D eigenvalue weighted by atomic mass is 9.93. The third kappa shape index (κ3) is 2.49. The molecule has 1 aromatic heterocycles. The standard InChI is InChI=1S/C11H12N2O2/c14-8-13-11-5-10(6-12-7-11)9-1-3-15-4-2-9/h5-7,9H,1-4H2. The van der Waals surface area contributed by atoms with Crippen LogP contribution < -0.4 is 0 Å². The van der Waals surface area contributed by atoms with Crippen molar-refractivity contribution < 1.29 is 9.53 Å². The van der Waals surface area contributed by atoms with Crippen LogP contribution in [0.3, 0.4) is 0 Å². The fraction of sp³-hybridized carbons (Fsp3) is 0.455. The minimum absolute atomic E-state index is 0.480. The van der Waals surface area contributed by atoms with Gasteiger partial charge in [-0.05, 0) is 30.4 Å². The van der Waals surface area contributed by atoms with E-state index in [4.69, 9.17) is 4.74 Å². The molecule has 4 nitrogen and oxygen atoms in total. The zero-order valence-electron chi connectivity index (χ0n) is 8.35. The number of ether oxygens (including phenoxy) is 1. The second-order valence-electron chi connectivity index (χ2n) is 3.57. The van der Waals surface area contributed by atoms with Crippen LogP contribution in [0.1, 0.15) is 24.3 Å². The van der Waals surface area contributed by atoms with Crippen LogP contribution in [0.5, 0.6) is 0 Å². The second kappa shape index (κ2) is 4.82. The number of aliphatic imine (C=N–C) groups is 1. The topological polar surface area (TPSA) is 51.5 Å². The number of nitrogens with zero attached hydrogens (tertiary/aromatic N) is 2. The zero-order chi connectivity index (χ0) is 10.5. The Labute approximate surface area is 88.0 Å². The Balaban J connectivity index is 2.19. The first-order valence-electron chi connectivity index (χ1n) is 5.00. The minimum Gasteiger partial charge on any atom is -0.381 e. The van der Waals surface area contributed by atoms with Gasteiger partial charge in [-0.2, -0.15) is 4.99 Å². The Bertz CT molecular complexity index is 380. The van der Waals surface area contributed by atoms with E-state index in [9.17, 15) is 4.79 Å². The lowest BCUT2D eigenvalue weighted by molar-refractivity contribution is 0.0853. The van der Waals surface area contributed by atoms with E-state index >= 15 is 0 Å². The summed E-state index contributed by atoms with van der Waals surface area (Å²) in [7, 11) is 0. The highest BCUT2D eigenvalue weighted by Gasteiger charge is 2.16.